The number of thioether (sulfide) groups is 1. The van der Waals surface area contributed by atoms with Gasteiger partial charge in [0.05, 0.1) is 37.7 Å². The summed E-state index contributed by atoms with van der Waals surface area (Å²) in [5.74, 6) is -0.372. The van der Waals surface area contributed by atoms with Gasteiger partial charge in [-0.1, -0.05) is 49.0 Å². The van der Waals surface area contributed by atoms with Crippen LogP contribution in [-0.4, -0.2) is 72.6 Å². The van der Waals surface area contributed by atoms with Crippen LogP contribution < -0.4 is 16.4 Å². The number of H-pyrrole nitrogens is 1. The van der Waals surface area contributed by atoms with E-state index in [-0.39, 0.29) is 54.3 Å². The highest BCUT2D eigenvalue weighted by Crippen LogP contribution is 2.46. The Morgan fingerprint density at radius 3 is 2.76 bits per heavy atom. The Balaban J connectivity index is 1.43. The maximum atomic E-state index is 13.7. The summed E-state index contributed by atoms with van der Waals surface area (Å²) in [5.41, 5.74) is 5.41. The summed E-state index contributed by atoms with van der Waals surface area (Å²) in [7, 11) is -3.93. The van der Waals surface area contributed by atoms with Crippen molar-refractivity contribution >= 4 is 41.7 Å². The fourth-order valence-corrected chi connectivity index (χ4v) is 6.35. The van der Waals surface area contributed by atoms with Crippen LogP contribution >= 0.6 is 19.5 Å². The molecule has 224 valence electrons. The molecule has 1 unspecified atom stereocenters. The van der Waals surface area contributed by atoms with Crippen molar-refractivity contribution in [2.75, 3.05) is 31.3 Å². The molecule has 2 aromatic heterocycles. The van der Waals surface area contributed by atoms with Crippen LogP contribution in [0.2, 0.25) is 0 Å². The molecule has 1 aliphatic rings. The van der Waals surface area contributed by atoms with E-state index in [1.54, 1.807) is 20.8 Å². The third-order valence-electron chi connectivity index (χ3n) is 6.66. The van der Waals surface area contributed by atoms with E-state index in [2.05, 4.69) is 20.0 Å². The second-order valence-corrected chi connectivity index (χ2v) is 13.2. The minimum Gasteiger partial charge on any atom is -0.395 e. The summed E-state index contributed by atoms with van der Waals surface area (Å²) in [6, 6.07) is 9.24. The van der Waals surface area contributed by atoms with E-state index < -0.39 is 43.1 Å². The first kappa shape index (κ1) is 31.3. The van der Waals surface area contributed by atoms with E-state index in [0.717, 1.165) is 17.3 Å². The van der Waals surface area contributed by atoms with E-state index in [9.17, 15) is 24.4 Å². The van der Waals surface area contributed by atoms with Crippen LogP contribution in [0.4, 0.5) is 5.95 Å². The number of aliphatic hydroxyl groups excluding tert-OH is 2. The van der Waals surface area contributed by atoms with Crippen molar-refractivity contribution in [3.63, 3.8) is 0 Å². The van der Waals surface area contributed by atoms with Gasteiger partial charge in [-0.05, 0) is 19.4 Å². The number of aliphatic hydroxyl groups is 2. The molecular formula is C25H35N6O8PS. The number of carbonyl (C=O) groups is 1. The number of nitrogens with two attached hydrogens (primary N) is 1. The number of nitrogens with zero attached hydrogens (tertiary/aromatic N) is 3. The van der Waals surface area contributed by atoms with Crippen LogP contribution in [0.5, 0.6) is 0 Å². The van der Waals surface area contributed by atoms with Gasteiger partial charge in [0.25, 0.3) is 5.56 Å². The lowest BCUT2D eigenvalue weighted by molar-refractivity contribution is -0.119. The number of anilines is 1. The Bertz CT molecular complexity index is 1450. The monoisotopic (exact) mass is 610 g/mol. The average Bonchev–Trinajstić information content (AvgIpc) is 3.49. The van der Waals surface area contributed by atoms with Gasteiger partial charge in [0, 0.05) is 18.2 Å². The van der Waals surface area contributed by atoms with Gasteiger partial charge in [0.2, 0.25) is 5.95 Å². The molecule has 41 heavy (non-hydrogen) atoms. The molecule has 4 rings (SSSR count). The molecule has 1 aliphatic heterocycles. The fourth-order valence-electron chi connectivity index (χ4n) is 4.11. The minimum atomic E-state index is -3.93. The van der Waals surface area contributed by atoms with Gasteiger partial charge < -0.3 is 20.7 Å². The van der Waals surface area contributed by atoms with E-state index >= 15 is 0 Å². The summed E-state index contributed by atoms with van der Waals surface area (Å²) in [6.45, 7) is 4.55. The zero-order valence-corrected chi connectivity index (χ0v) is 24.6. The van der Waals surface area contributed by atoms with Gasteiger partial charge in [-0.25, -0.2) is 14.6 Å². The van der Waals surface area contributed by atoms with Crippen molar-refractivity contribution in [3.8, 4) is 0 Å². The molecule has 14 nitrogen and oxygen atoms in total. The Hall–Kier alpha value is -2.62. The number of aromatic amines is 1. The lowest BCUT2D eigenvalue weighted by Crippen LogP contribution is -2.30. The molecule has 0 amide bonds. The van der Waals surface area contributed by atoms with Crippen LogP contribution in [0.25, 0.3) is 11.2 Å². The van der Waals surface area contributed by atoms with Crippen molar-refractivity contribution in [2.24, 2.45) is 11.3 Å². The average molecular weight is 611 g/mol. The molecule has 3 heterocycles. The van der Waals surface area contributed by atoms with Crippen molar-refractivity contribution in [1.29, 1.82) is 0 Å². The normalized spacial score (nSPS) is 22.7. The van der Waals surface area contributed by atoms with Crippen LogP contribution in [0.1, 0.15) is 32.6 Å². The summed E-state index contributed by atoms with van der Waals surface area (Å²) in [5, 5.41) is 22.9. The second-order valence-electron chi connectivity index (χ2n) is 10.3. The van der Waals surface area contributed by atoms with Gasteiger partial charge in [-0.15, -0.1) is 0 Å². The molecule has 16 heteroatoms. The molecule has 0 bridgehead atoms. The number of ether oxygens (including phenoxy) is 1. The van der Waals surface area contributed by atoms with Gasteiger partial charge in [0.1, 0.15) is 12.3 Å². The third-order valence-corrected chi connectivity index (χ3v) is 9.40. The topological polar surface area (TPSA) is 204 Å². The fraction of sp³-hybridized carbons (Fsp3) is 0.520. The zero-order chi connectivity index (χ0) is 29.8. The Kier molecular flexibility index (Phi) is 10.0. The second kappa shape index (κ2) is 13.1. The molecule has 5 atom stereocenters. The van der Waals surface area contributed by atoms with Gasteiger partial charge in [-0.2, -0.15) is 4.98 Å². The van der Waals surface area contributed by atoms with Crippen LogP contribution in [0, 0.1) is 11.3 Å². The molecule has 1 aromatic carbocycles. The number of rotatable bonds is 13. The van der Waals surface area contributed by atoms with Crippen LogP contribution in [0.15, 0.2) is 41.5 Å². The maximum absolute atomic E-state index is 13.7. The van der Waals surface area contributed by atoms with Crippen LogP contribution in [0.3, 0.4) is 0 Å². The van der Waals surface area contributed by atoms with Crippen LogP contribution in [-0.2, 0) is 29.7 Å². The highest BCUT2D eigenvalue weighted by atomic mass is 32.2. The lowest BCUT2D eigenvalue weighted by Gasteiger charge is -2.23. The number of fused-ring (bicyclic) bond motifs is 1. The maximum Gasteiger partial charge on any atom is 0.405 e. The number of hydrogen-bond donors (Lipinski definition) is 5. The lowest BCUT2D eigenvalue weighted by atomic mass is 9.97. The van der Waals surface area contributed by atoms with Gasteiger partial charge >= 0.3 is 7.75 Å². The summed E-state index contributed by atoms with van der Waals surface area (Å²) in [4.78, 5) is 35.1. The molecule has 0 spiro atoms. The Morgan fingerprint density at radius 2 is 2.05 bits per heavy atom. The molecule has 3 aromatic rings. The molecule has 6 N–H and O–H groups in total. The standard InChI is InChI=1S/C25H35N6O8PS/c1-15-19(33)17(39-22(15)31-14-27-18-20(31)29-24(26)30-21(18)34)12-38-40(36,28-11-16-7-5-4-6-8-16)37-9-10-41-23(35)25(2,3)13-32/h4-8,14-15,17,19,22,32-33H,9-13H2,1-3H3,(H,28,36)(H3,26,29,30,34)/t15-,17+,19-,22+,40?/m0/s1. The van der Waals surface area contributed by atoms with Crippen molar-refractivity contribution in [2.45, 2.75) is 45.8 Å². The van der Waals surface area contributed by atoms with E-state index in [1.165, 1.54) is 10.9 Å². The summed E-state index contributed by atoms with van der Waals surface area (Å²) < 4.78 is 32.6. The molecular weight excluding hydrogens is 575 g/mol. The molecule has 0 saturated carbocycles. The minimum absolute atomic E-state index is 0.0749. The van der Waals surface area contributed by atoms with E-state index in [4.69, 9.17) is 19.5 Å². The van der Waals surface area contributed by atoms with Gasteiger partial charge in [-0.3, -0.25) is 28.2 Å². The zero-order valence-electron chi connectivity index (χ0n) is 22.9. The first-order chi connectivity index (χ1) is 19.4. The number of nitrogens with one attached hydrogen (secondary N) is 2. The van der Waals surface area contributed by atoms with Crippen molar-refractivity contribution in [1.82, 2.24) is 24.6 Å². The molecule has 0 aliphatic carbocycles. The molecule has 1 fully saturated rings. The Morgan fingerprint density at radius 1 is 1.32 bits per heavy atom. The number of imidazole rings is 1. The number of carbonyl (C=O) groups excluding carboxylic acids is 1. The third kappa shape index (κ3) is 7.43. The number of benzene rings is 1. The first-order valence-corrected chi connectivity index (χ1v) is 15.5. The summed E-state index contributed by atoms with van der Waals surface area (Å²) in [6.07, 6.45) is -1.29. The predicted octanol–water partition coefficient (Wildman–Crippen LogP) is 1.81. The van der Waals surface area contributed by atoms with Crippen molar-refractivity contribution < 1.29 is 33.4 Å². The molecule has 1 saturated heterocycles. The van der Waals surface area contributed by atoms with E-state index in [1.807, 2.05) is 30.3 Å². The number of aromatic nitrogens is 4. The highest BCUT2D eigenvalue weighted by Gasteiger charge is 2.44. The number of hydrogen-bond acceptors (Lipinski definition) is 12. The molecule has 0 radical (unpaired) electrons. The smallest absolute Gasteiger partial charge is 0.395 e. The number of nitrogen functional groups attached to an aromatic ring is 1. The van der Waals surface area contributed by atoms with Gasteiger partial charge in [0.15, 0.2) is 16.3 Å². The van der Waals surface area contributed by atoms with Crippen molar-refractivity contribution in [3.05, 3.63) is 52.6 Å². The highest BCUT2D eigenvalue weighted by molar-refractivity contribution is 8.13. The predicted molar refractivity (Wildman–Crippen MR) is 153 cm³/mol. The Labute approximate surface area is 240 Å². The largest absolute Gasteiger partial charge is 0.405 e. The SMILES string of the molecule is C[C@H]1[C@H](O)[C@@H](COP(=O)(NCc2ccccc2)OCCSC(=O)C(C)(C)CO)O[C@H]1n1cnc2c(=O)[nH]c(N)nc21. The van der Waals surface area contributed by atoms with E-state index in [0.29, 0.717) is 0 Å². The first-order valence-electron chi connectivity index (χ1n) is 13.0. The summed E-state index contributed by atoms with van der Waals surface area (Å²) >= 11 is 0.968. The quantitative estimate of drug-likeness (QED) is 0.139.